The summed E-state index contributed by atoms with van der Waals surface area (Å²) < 4.78 is 27.0. The average Bonchev–Trinajstić information content (AvgIpc) is 3.19. The molecule has 0 saturated carbocycles. The van der Waals surface area contributed by atoms with E-state index in [1.54, 1.807) is 18.2 Å². The first-order valence-corrected chi connectivity index (χ1v) is 11.7. The Hall–Kier alpha value is -1.25. The van der Waals surface area contributed by atoms with E-state index in [2.05, 4.69) is 5.32 Å². The average molecular weight is 445 g/mol. The first-order chi connectivity index (χ1) is 12.8. The number of carbonyl (C=O) groups is 1. The highest BCUT2D eigenvalue weighted by molar-refractivity contribution is 7.98. The molecule has 1 amide bonds. The van der Waals surface area contributed by atoms with Gasteiger partial charge in [0.05, 0.1) is 15.6 Å². The Labute approximate surface area is 173 Å². The Morgan fingerprint density at radius 1 is 1.07 bits per heavy atom. The minimum Gasteiger partial charge on any atom is -0.322 e. The van der Waals surface area contributed by atoms with Crippen LogP contribution >= 0.6 is 35.0 Å². The maximum Gasteiger partial charge on any atom is 0.257 e. The lowest BCUT2D eigenvalue weighted by molar-refractivity contribution is 0.102. The van der Waals surface area contributed by atoms with Gasteiger partial charge < -0.3 is 5.32 Å². The Kier molecular flexibility index (Phi) is 6.38. The van der Waals surface area contributed by atoms with Crippen LogP contribution in [-0.2, 0) is 10.0 Å². The van der Waals surface area contributed by atoms with E-state index >= 15 is 0 Å². The van der Waals surface area contributed by atoms with E-state index in [1.807, 2.05) is 12.3 Å². The van der Waals surface area contributed by atoms with Gasteiger partial charge in [0.25, 0.3) is 5.91 Å². The summed E-state index contributed by atoms with van der Waals surface area (Å²) in [5.41, 5.74) is 0.662. The maximum absolute atomic E-state index is 12.8. The highest BCUT2D eigenvalue weighted by atomic mass is 35.5. The lowest BCUT2D eigenvalue weighted by atomic mass is 10.2. The number of hydrogen-bond donors (Lipinski definition) is 1. The lowest BCUT2D eigenvalue weighted by Crippen LogP contribution is -2.28. The standard InChI is InChI=1S/C18H18Cl2N2O3S2/c1-26-13-5-7-15(19)14(11-13)18(23)21-12-4-6-16(20)17(10-12)27(24,25)22-8-2-3-9-22/h4-7,10-11H,2-3,8-9H2,1H3,(H,21,23). The van der Waals surface area contributed by atoms with E-state index in [1.165, 1.54) is 28.2 Å². The second-order valence-corrected chi connectivity index (χ2v) is 9.66. The molecule has 0 atom stereocenters. The van der Waals surface area contributed by atoms with Gasteiger partial charge in [-0.3, -0.25) is 4.79 Å². The Morgan fingerprint density at radius 2 is 1.74 bits per heavy atom. The number of nitrogens with one attached hydrogen (secondary N) is 1. The van der Waals surface area contributed by atoms with E-state index < -0.39 is 15.9 Å². The molecule has 0 radical (unpaired) electrons. The highest BCUT2D eigenvalue weighted by Gasteiger charge is 2.29. The molecular formula is C18H18Cl2N2O3S2. The molecule has 2 aromatic rings. The SMILES string of the molecule is CSc1ccc(Cl)c(C(=O)Nc2ccc(Cl)c(S(=O)(=O)N3CCCC3)c2)c1. The zero-order chi connectivity index (χ0) is 19.6. The summed E-state index contributed by atoms with van der Waals surface area (Å²) >= 11 is 13.8. The predicted molar refractivity (Wildman–Crippen MR) is 111 cm³/mol. The van der Waals surface area contributed by atoms with Crippen LogP contribution in [0.4, 0.5) is 5.69 Å². The molecule has 1 N–H and O–H groups in total. The van der Waals surface area contributed by atoms with Gasteiger partial charge in [0, 0.05) is 23.7 Å². The van der Waals surface area contributed by atoms with Crippen molar-refractivity contribution >= 4 is 56.6 Å². The highest BCUT2D eigenvalue weighted by Crippen LogP contribution is 2.30. The number of hydrogen-bond acceptors (Lipinski definition) is 4. The topological polar surface area (TPSA) is 66.5 Å². The van der Waals surface area contributed by atoms with E-state index in [4.69, 9.17) is 23.2 Å². The summed E-state index contributed by atoms with van der Waals surface area (Å²) in [7, 11) is -3.69. The summed E-state index contributed by atoms with van der Waals surface area (Å²) in [6.07, 6.45) is 3.56. The van der Waals surface area contributed by atoms with Crippen LogP contribution in [0.2, 0.25) is 10.0 Å². The molecule has 1 aliphatic rings. The smallest absolute Gasteiger partial charge is 0.257 e. The van der Waals surface area contributed by atoms with E-state index in [9.17, 15) is 13.2 Å². The van der Waals surface area contributed by atoms with Crippen molar-refractivity contribution in [2.24, 2.45) is 0 Å². The third-order valence-corrected chi connectivity index (χ3v) is 7.73. The summed E-state index contributed by atoms with van der Waals surface area (Å²) in [4.78, 5) is 13.5. The number of carbonyl (C=O) groups excluding carboxylic acids is 1. The van der Waals surface area contributed by atoms with Crippen LogP contribution in [-0.4, -0.2) is 38.0 Å². The van der Waals surface area contributed by atoms with Crippen LogP contribution in [0.15, 0.2) is 46.2 Å². The van der Waals surface area contributed by atoms with Crippen LogP contribution in [0.3, 0.4) is 0 Å². The van der Waals surface area contributed by atoms with Crippen molar-refractivity contribution in [2.45, 2.75) is 22.6 Å². The van der Waals surface area contributed by atoms with Crippen molar-refractivity contribution in [2.75, 3.05) is 24.7 Å². The van der Waals surface area contributed by atoms with Crippen molar-refractivity contribution in [3.05, 3.63) is 52.0 Å². The molecule has 5 nitrogen and oxygen atoms in total. The molecule has 0 bridgehead atoms. The normalized spacial score (nSPS) is 15.1. The van der Waals surface area contributed by atoms with Crippen LogP contribution in [0, 0.1) is 0 Å². The van der Waals surface area contributed by atoms with Crippen LogP contribution in [0.5, 0.6) is 0 Å². The molecule has 1 saturated heterocycles. The van der Waals surface area contributed by atoms with Crippen LogP contribution in [0.1, 0.15) is 23.2 Å². The van der Waals surface area contributed by atoms with Gasteiger partial charge in [-0.1, -0.05) is 23.2 Å². The van der Waals surface area contributed by atoms with Crippen molar-refractivity contribution < 1.29 is 13.2 Å². The lowest BCUT2D eigenvalue weighted by Gasteiger charge is -2.17. The van der Waals surface area contributed by atoms with Gasteiger partial charge in [-0.2, -0.15) is 4.31 Å². The fourth-order valence-corrected chi connectivity index (χ4v) is 5.51. The minimum atomic E-state index is -3.69. The molecular weight excluding hydrogens is 427 g/mol. The Balaban J connectivity index is 1.89. The first-order valence-electron chi connectivity index (χ1n) is 8.27. The second kappa shape index (κ2) is 8.41. The summed E-state index contributed by atoms with van der Waals surface area (Å²) in [5, 5.41) is 3.16. The zero-order valence-electron chi connectivity index (χ0n) is 14.5. The van der Waals surface area contributed by atoms with Gasteiger partial charge in [-0.25, -0.2) is 8.42 Å². The van der Waals surface area contributed by atoms with Crippen molar-refractivity contribution in [3.63, 3.8) is 0 Å². The monoisotopic (exact) mass is 444 g/mol. The molecule has 3 rings (SSSR count). The number of halogens is 2. The number of benzene rings is 2. The van der Waals surface area contributed by atoms with Crippen LogP contribution < -0.4 is 5.32 Å². The quantitative estimate of drug-likeness (QED) is 0.675. The molecule has 0 unspecified atom stereocenters. The fraction of sp³-hybridized carbons (Fsp3) is 0.278. The minimum absolute atomic E-state index is 0.00664. The number of anilines is 1. The molecule has 9 heteroatoms. The number of amides is 1. The van der Waals surface area contributed by atoms with Gasteiger partial charge in [-0.15, -0.1) is 11.8 Å². The molecule has 0 aromatic heterocycles. The summed E-state index contributed by atoms with van der Waals surface area (Å²) in [6.45, 7) is 0.957. The van der Waals surface area contributed by atoms with Crippen molar-refractivity contribution in [1.82, 2.24) is 4.31 Å². The maximum atomic E-state index is 12.8. The van der Waals surface area contributed by atoms with Gasteiger partial charge in [0.1, 0.15) is 4.90 Å². The fourth-order valence-electron chi connectivity index (χ4n) is 2.85. The van der Waals surface area contributed by atoms with Crippen LogP contribution in [0.25, 0.3) is 0 Å². The van der Waals surface area contributed by atoms with Gasteiger partial charge in [0.15, 0.2) is 0 Å². The third kappa shape index (κ3) is 4.43. The number of nitrogens with zero attached hydrogens (tertiary/aromatic N) is 1. The summed E-state index contributed by atoms with van der Waals surface area (Å²) in [6, 6.07) is 9.61. The molecule has 2 aromatic carbocycles. The van der Waals surface area contributed by atoms with E-state index in [0.717, 1.165) is 17.7 Å². The Morgan fingerprint density at radius 3 is 2.41 bits per heavy atom. The molecule has 1 aliphatic heterocycles. The number of rotatable bonds is 5. The molecule has 1 fully saturated rings. The molecule has 1 heterocycles. The predicted octanol–water partition coefficient (Wildman–Crippen LogP) is 4.75. The number of sulfonamides is 1. The van der Waals surface area contributed by atoms with Gasteiger partial charge in [-0.05, 0) is 55.5 Å². The largest absolute Gasteiger partial charge is 0.322 e. The molecule has 0 spiro atoms. The van der Waals surface area contributed by atoms with E-state index in [-0.39, 0.29) is 9.92 Å². The third-order valence-electron chi connectivity index (χ3n) is 4.29. The molecule has 27 heavy (non-hydrogen) atoms. The van der Waals surface area contributed by atoms with Gasteiger partial charge >= 0.3 is 0 Å². The molecule has 0 aliphatic carbocycles. The van der Waals surface area contributed by atoms with E-state index in [0.29, 0.717) is 29.4 Å². The van der Waals surface area contributed by atoms with Crippen molar-refractivity contribution in [1.29, 1.82) is 0 Å². The second-order valence-electron chi connectivity index (χ2n) is 6.06. The molecule has 144 valence electrons. The van der Waals surface area contributed by atoms with Gasteiger partial charge in [0.2, 0.25) is 10.0 Å². The number of thioether (sulfide) groups is 1. The van der Waals surface area contributed by atoms with Crippen molar-refractivity contribution in [3.8, 4) is 0 Å². The summed E-state index contributed by atoms with van der Waals surface area (Å²) in [5.74, 6) is -0.414. The first kappa shape index (κ1) is 20.5. The zero-order valence-corrected chi connectivity index (χ0v) is 17.7. The Bertz CT molecular complexity index is 975.